The summed E-state index contributed by atoms with van der Waals surface area (Å²) in [7, 11) is 0. The maximum atomic E-state index is 6.31. The third-order valence-electron chi connectivity index (χ3n) is 3.28. The van der Waals surface area contributed by atoms with Crippen molar-refractivity contribution in [1.82, 2.24) is 9.55 Å². The van der Waals surface area contributed by atoms with Gasteiger partial charge in [0, 0.05) is 10.2 Å². The Morgan fingerprint density at radius 1 is 1.15 bits per heavy atom. The third-order valence-corrected chi connectivity index (χ3v) is 4.00. The molecule has 0 radical (unpaired) electrons. The summed E-state index contributed by atoms with van der Waals surface area (Å²) in [6.45, 7) is 4.03. The standard InChI is InChI=1S/C16H14BrClN2/c1-10-3-8-14-15(9-10)20(16(19-14)11(2)18)13-6-4-12(17)5-7-13/h3-9,11H,1-2H3. The molecule has 0 bridgehead atoms. The van der Waals surface area contributed by atoms with Crippen molar-refractivity contribution < 1.29 is 0 Å². The van der Waals surface area contributed by atoms with Crippen LogP contribution in [-0.4, -0.2) is 9.55 Å². The van der Waals surface area contributed by atoms with Gasteiger partial charge >= 0.3 is 0 Å². The average Bonchev–Trinajstić information content (AvgIpc) is 2.78. The molecule has 1 aromatic heterocycles. The van der Waals surface area contributed by atoms with Gasteiger partial charge < -0.3 is 0 Å². The Balaban J connectivity index is 2.33. The van der Waals surface area contributed by atoms with Gasteiger partial charge in [0.05, 0.1) is 16.4 Å². The molecule has 1 atom stereocenters. The maximum Gasteiger partial charge on any atom is 0.132 e. The van der Waals surface area contributed by atoms with E-state index in [1.807, 2.05) is 25.1 Å². The molecule has 0 saturated heterocycles. The average molecular weight is 350 g/mol. The summed E-state index contributed by atoms with van der Waals surface area (Å²) in [5.41, 5.74) is 4.35. The van der Waals surface area contributed by atoms with Crippen molar-refractivity contribution in [1.29, 1.82) is 0 Å². The van der Waals surface area contributed by atoms with Crippen LogP contribution in [0.15, 0.2) is 46.9 Å². The molecule has 2 aromatic carbocycles. The quantitative estimate of drug-likeness (QED) is 0.567. The van der Waals surface area contributed by atoms with Crippen LogP contribution in [0.1, 0.15) is 23.7 Å². The molecule has 3 aromatic rings. The Morgan fingerprint density at radius 3 is 2.50 bits per heavy atom. The Labute approximate surface area is 131 Å². The van der Waals surface area contributed by atoms with Crippen LogP contribution in [0.3, 0.4) is 0 Å². The molecule has 0 aliphatic rings. The van der Waals surface area contributed by atoms with E-state index in [0.29, 0.717) is 0 Å². The van der Waals surface area contributed by atoms with Crippen LogP contribution in [0.2, 0.25) is 0 Å². The topological polar surface area (TPSA) is 17.8 Å². The van der Waals surface area contributed by atoms with Crippen molar-refractivity contribution in [2.24, 2.45) is 0 Å². The molecule has 1 unspecified atom stereocenters. The van der Waals surface area contributed by atoms with Crippen molar-refractivity contribution in [3.05, 3.63) is 58.3 Å². The molecule has 2 nitrogen and oxygen atoms in total. The fourth-order valence-corrected chi connectivity index (χ4v) is 2.74. The van der Waals surface area contributed by atoms with E-state index in [1.165, 1.54) is 5.56 Å². The van der Waals surface area contributed by atoms with Gasteiger partial charge in [0.2, 0.25) is 0 Å². The summed E-state index contributed by atoms with van der Waals surface area (Å²) in [4.78, 5) is 4.67. The minimum Gasteiger partial charge on any atom is -0.295 e. The first-order valence-corrected chi connectivity index (χ1v) is 7.68. The van der Waals surface area contributed by atoms with Gasteiger partial charge in [-0.15, -0.1) is 11.6 Å². The van der Waals surface area contributed by atoms with Crippen LogP contribution in [0.5, 0.6) is 0 Å². The number of nitrogens with zero attached hydrogens (tertiary/aromatic N) is 2. The number of aryl methyl sites for hydroxylation is 1. The molecule has 0 N–H and O–H groups in total. The van der Waals surface area contributed by atoms with E-state index in [9.17, 15) is 0 Å². The van der Waals surface area contributed by atoms with E-state index in [-0.39, 0.29) is 5.38 Å². The molecule has 0 fully saturated rings. The molecule has 102 valence electrons. The predicted molar refractivity (Wildman–Crippen MR) is 87.8 cm³/mol. The number of alkyl halides is 1. The van der Waals surface area contributed by atoms with Gasteiger partial charge in [0.25, 0.3) is 0 Å². The van der Waals surface area contributed by atoms with E-state index in [4.69, 9.17) is 11.6 Å². The van der Waals surface area contributed by atoms with Crippen molar-refractivity contribution in [3.63, 3.8) is 0 Å². The second-order valence-electron chi connectivity index (χ2n) is 4.89. The summed E-state index contributed by atoms with van der Waals surface area (Å²) < 4.78 is 3.19. The first-order valence-electron chi connectivity index (χ1n) is 6.45. The molecular formula is C16H14BrClN2. The molecule has 0 spiro atoms. The highest BCUT2D eigenvalue weighted by atomic mass is 79.9. The number of aromatic nitrogens is 2. The number of imidazole rings is 1. The van der Waals surface area contributed by atoms with Crippen molar-refractivity contribution in [3.8, 4) is 5.69 Å². The van der Waals surface area contributed by atoms with Crippen LogP contribution in [0, 0.1) is 6.92 Å². The van der Waals surface area contributed by atoms with Gasteiger partial charge in [-0.3, -0.25) is 4.57 Å². The molecule has 3 rings (SSSR count). The van der Waals surface area contributed by atoms with Gasteiger partial charge in [-0.25, -0.2) is 4.98 Å². The van der Waals surface area contributed by atoms with Crippen LogP contribution in [-0.2, 0) is 0 Å². The molecule has 0 aliphatic heterocycles. The first kappa shape index (κ1) is 13.7. The number of halogens is 2. The van der Waals surface area contributed by atoms with Crippen LogP contribution in [0.25, 0.3) is 16.7 Å². The summed E-state index contributed by atoms with van der Waals surface area (Å²) >= 11 is 9.77. The lowest BCUT2D eigenvalue weighted by atomic mass is 10.2. The van der Waals surface area contributed by atoms with Crippen molar-refractivity contribution in [2.45, 2.75) is 19.2 Å². The van der Waals surface area contributed by atoms with Crippen molar-refractivity contribution >= 4 is 38.6 Å². The van der Waals surface area contributed by atoms with Gasteiger partial charge in [-0.1, -0.05) is 22.0 Å². The molecule has 0 aliphatic carbocycles. The Morgan fingerprint density at radius 2 is 1.85 bits per heavy atom. The van der Waals surface area contributed by atoms with Gasteiger partial charge in [0.15, 0.2) is 0 Å². The summed E-state index contributed by atoms with van der Waals surface area (Å²) in [5.74, 6) is 0.870. The van der Waals surface area contributed by atoms with E-state index >= 15 is 0 Å². The van der Waals surface area contributed by atoms with Crippen LogP contribution in [0.4, 0.5) is 0 Å². The monoisotopic (exact) mass is 348 g/mol. The molecule has 4 heteroatoms. The molecule has 1 heterocycles. The first-order chi connectivity index (χ1) is 9.56. The van der Waals surface area contributed by atoms with Gasteiger partial charge in [-0.05, 0) is 55.8 Å². The number of hydrogen-bond donors (Lipinski definition) is 0. The second kappa shape index (κ2) is 5.23. The second-order valence-corrected chi connectivity index (χ2v) is 6.46. The third kappa shape index (κ3) is 2.36. The highest BCUT2D eigenvalue weighted by molar-refractivity contribution is 9.10. The van der Waals surface area contributed by atoms with Gasteiger partial charge in [0.1, 0.15) is 5.82 Å². The lowest BCUT2D eigenvalue weighted by molar-refractivity contribution is 0.882. The highest BCUT2D eigenvalue weighted by Crippen LogP contribution is 2.29. The van der Waals surface area contributed by atoms with E-state index in [2.05, 4.69) is 56.7 Å². The minimum atomic E-state index is -0.147. The lowest BCUT2D eigenvalue weighted by Crippen LogP contribution is -2.01. The zero-order chi connectivity index (χ0) is 14.3. The van der Waals surface area contributed by atoms with E-state index in [0.717, 1.165) is 27.0 Å². The lowest BCUT2D eigenvalue weighted by Gasteiger charge is -2.11. The Hall–Kier alpha value is -1.32. The molecule has 20 heavy (non-hydrogen) atoms. The van der Waals surface area contributed by atoms with E-state index < -0.39 is 0 Å². The fourth-order valence-electron chi connectivity index (χ4n) is 2.33. The maximum absolute atomic E-state index is 6.31. The Kier molecular flexibility index (Phi) is 3.57. The van der Waals surface area contributed by atoms with Crippen molar-refractivity contribution in [2.75, 3.05) is 0 Å². The number of fused-ring (bicyclic) bond motifs is 1. The largest absolute Gasteiger partial charge is 0.295 e. The highest BCUT2D eigenvalue weighted by Gasteiger charge is 2.16. The zero-order valence-electron chi connectivity index (χ0n) is 11.3. The van der Waals surface area contributed by atoms with Gasteiger partial charge in [-0.2, -0.15) is 0 Å². The smallest absolute Gasteiger partial charge is 0.132 e. The van der Waals surface area contributed by atoms with Crippen LogP contribution < -0.4 is 0 Å². The Bertz CT molecular complexity index is 760. The number of rotatable bonds is 2. The SMILES string of the molecule is Cc1ccc2nc(C(C)Cl)n(-c3ccc(Br)cc3)c2c1. The predicted octanol–water partition coefficient (Wildman–Crippen LogP) is 5.40. The zero-order valence-corrected chi connectivity index (χ0v) is 13.6. The van der Waals surface area contributed by atoms with E-state index in [1.54, 1.807) is 0 Å². The number of hydrogen-bond acceptors (Lipinski definition) is 1. The summed E-state index contributed by atoms with van der Waals surface area (Å²) in [6.07, 6.45) is 0. The fraction of sp³-hybridized carbons (Fsp3) is 0.188. The molecule has 0 amide bonds. The summed E-state index contributed by atoms with van der Waals surface area (Å²) in [5, 5.41) is -0.147. The van der Waals surface area contributed by atoms with Crippen LogP contribution >= 0.6 is 27.5 Å². The number of benzene rings is 2. The summed E-state index contributed by atoms with van der Waals surface area (Å²) in [6, 6.07) is 14.5. The minimum absolute atomic E-state index is 0.147. The molecule has 0 saturated carbocycles. The normalized spacial score (nSPS) is 12.8. The molecular weight excluding hydrogens is 336 g/mol.